The average Bonchev–Trinajstić information content (AvgIpc) is 2.28. The first-order valence-electron chi connectivity index (χ1n) is 4.29. The van der Waals surface area contributed by atoms with Crippen LogP contribution in [0.1, 0.15) is 0 Å². The van der Waals surface area contributed by atoms with Gasteiger partial charge in [-0.05, 0) is 11.6 Å². The van der Waals surface area contributed by atoms with Crippen LogP contribution in [0.15, 0.2) is 0 Å². The van der Waals surface area contributed by atoms with Crippen molar-refractivity contribution in [3.8, 4) is 12.1 Å². The molecule has 0 saturated heterocycles. The number of hydrogen-bond donors (Lipinski definition) is 1. The number of hydrogen-bond acceptors (Lipinski definition) is 7. The van der Waals surface area contributed by atoms with Crippen LogP contribution < -0.4 is 10.2 Å². The van der Waals surface area contributed by atoms with Crippen LogP contribution in [0.4, 0.5) is 11.9 Å². The summed E-state index contributed by atoms with van der Waals surface area (Å²) in [5, 5.41) is 19.9. The van der Waals surface area contributed by atoms with Gasteiger partial charge in [0.2, 0.25) is 17.2 Å². The molecule has 0 aliphatic heterocycles. The molecule has 0 fully saturated rings. The second-order valence-corrected chi connectivity index (χ2v) is 2.99. The summed E-state index contributed by atoms with van der Waals surface area (Å²) in [4.78, 5) is 13.0. The first-order valence-corrected chi connectivity index (χ1v) is 4.67. The highest BCUT2D eigenvalue weighted by Gasteiger charge is 2.11. The number of aromatic nitrogens is 3. The summed E-state index contributed by atoms with van der Waals surface area (Å²) in [6.45, 7) is 0.0219. The summed E-state index contributed by atoms with van der Waals surface area (Å²) in [6.07, 6.45) is 0. The van der Waals surface area contributed by atoms with Gasteiger partial charge in [-0.15, -0.1) is 0 Å². The Hall–Kier alpha value is -2.12. The van der Waals surface area contributed by atoms with E-state index in [0.29, 0.717) is 0 Å². The first-order chi connectivity index (χ1) is 7.71. The lowest BCUT2D eigenvalue weighted by molar-refractivity contribution is 0.881. The molecule has 0 atom stereocenters. The van der Waals surface area contributed by atoms with Crippen molar-refractivity contribution < 1.29 is 0 Å². The highest BCUT2D eigenvalue weighted by atomic mass is 35.5. The molecule has 0 aromatic carbocycles. The quantitative estimate of drug-likeness (QED) is 0.757. The van der Waals surface area contributed by atoms with Crippen molar-refractivity contribution in [3.05, 3.63) is 5.28 Å². The van der Waals surface area contributed by atoms with Crippen LogP contribution >= 0.6 is 11.6 Å². The zero-order valence-corrected chi connectivity index (χ0v) is 9.23. The monoisotopic (exact) mass is 237 g/mol. The molecule has 82 valence electrons. The second-order valence-electron chi connectivity index (χ2n) is 2.65. The van der Waals surface area contributed by atoms with Gasteiger partial charge in [0.15, 0.2) is 0 Å². The van der Waals surface area contributed by atoms with E-state index in [1.54, 1.807) is 7.05 Å². The number of nitrogens with zero attached hydrogens (tertiary/aromatic N) is 6. The lowest BCUT2D eigenvalue weighted by Crippen LogP contribution is -2.26. The molecule has 1 aromatic heterocycles. The van der Waals surface area contributed by atoms with Crippen LogP contribution in [-0.4, -0.2) is 35.1 Å². The number of anilines is 2. The molecule has 1 N–H and O–H groups in total. The van der Waals surface area contributed by atoms with Crippen molar-refractivity contribution in [1.82, 2.24) is 15.0 Å². The molecule has 7 nitrogen and oxygen atoms in total. The molecule has 1 rings (SSSR count). The molecule has 8 heteroatoms. The molecule has 0 spiro atoms. The number of halogens is 1. The molecular formula is C8H8ClN7. The molecular weight excluding hydrogens is 230 g/mol. The van der Waals surface area contributed by atoms with Crippen LogP contribution in [0.3, 0.4) is 0 Å². The summed E-state index contributed by atoms with van der Waals surface area (Å²) in [7, 11) is 1.63. The number of nitriles is 2. The van der Waals surface area contributed by atoms with Gasteiger partial charge in [0.1, 0.15) is 13.1 Å². The van der Waals surface area contributed by atoms with Crippen LogP contribution in [0, 0.1) is 22.7 Å². The van der Waals surface area contributed by atoms with Gasteiger partial charge in [-0.2, -0.15) is 25.5 Å². The maximum Gasteiger partial charge on any atom is 0.233 e. The van der Waals surface area contributed by atoms with Crippen molar-refractivity contribution in [3.63, 3.8) is 0 Å². The normalized spacial score (nSPS) is 9.00. The van der Waals surface area contributed by atoms with E-state index in [1.165, 1.54) is 4.90 Å². The van der Waals surface area contributed by atoms with Gasteiger partial charge in [0.05, 0.1) is 12.1 Å². The van der Waals surface area contributed by atoms with Crippen molar-refractivity contribution in [2.24, 2.45) is 0 Å². The largest absolute Gasteiger partial charge is 0.357 e. The third-order valence-corrected chi connectivity index (χ3v) is 1.79. The lowest BCUT2D eigenvalue weighted by atomic mass is 10.5. The van der Waals surface area contributed by atoms with E-state index in [4.69, 9.17) is 22.1 Å². The highest BCUT2D eigenvalue weighted by Crippen LogP contribution is 2.12. The van der Waals surface area contributed by atoms with E-state index in [-0.39, 0.29) is 30.3 Å². The molecule has 1 aromatic rings. The Labute approximate surface area is 97.3 Å². The third kappa shape index (κ3) is 2.94. The molecule has 0 aliphatic rings. The lowest BCUT2D eigenvalue weighted by Gasteiger charge is -2.15. The predicted molar refractivity (Wildman–Crippen MR) is 57.8 cm³/mol. The zero-order chi connectivity index (χ0) is 12.0. The maximum absolute atomic E-state index is 8.60. The van der Waals surface area contributed by atoms with Gasteiger partial charge >= 0.3 is 0 Å². The smallest absolute Gasteiger partial charge is 0.233 e. The highest BCUT2D eigenvalue weighted by molar-refractivity contribution is 6.28. The third-order valence-electron chi connectivity index (χ3n) is 1.63. The van der Waals surface area contributed by atoms with Gasteiger partial charge in [-0.25, -0.2) is 0 Å². The molecule has 0 aliphatic carbocycles. The Bertz CT molecular complexity index is 431. The minimum atomic E-state index is 0.00947. The average molecular weight is 238 g/mol. The van der Waals surface area contributed by atoms with Crippen molar-refractivity contribution in [2.45, 2.75) is 0 Å². The first kappa shape index (κ1) is 12.0. The van der Waals surface area contributed by atoms with Gasteiger partial charge in [0, 0.05) is 7.05 Å². The summed E-state index contributed by atoms with van der Waals surface area (Å²) in [6, 6.07) is 3.84. The molecule has 0 bridgehead atoms. The van der Waals surface area contributed by atoms with Crippen LogP contribution in [0.5, 0.6) is 0 Å². The fourth-order valence-electron chi connectivity index (χ4n) is 0.961. The topological polar surface area (TPSA) is 102 Å². The van der Waals surface area contributed by atoms with Crippen molar-refractivity contribution in [2.75, 3.05) is 30.4 Å². The molecule has 0 radical (unpaired) electrons. The standard InChI is InChI=1S/C8H8ClN7/c1-12-7-13-6(9)14-8(15-7)16(4-2-10)5-3-11/h4-5H2,1H3,(H,12,13,14,15). The Balaban J connectivity index is 3.04. The minimum absolute atomic E-state index is 0.00947. The van der Waals surface area contributed by atoms with Gasteiger partial charge < -0.3 is 10.2 Å². The van der Waals surface area contributed by atoms with E-state index in [0.717, 1.165) is 0 Å². The van der Waals surface area contributed by atoms with E-state index >= 15 is 0 Å². The van der Waals surface area contributed by atoms with Gasteiger partial charge in [-0.1, -0.05) is 0 Å². The fraction of sp³-hybridized carbons (Fsp3) is 0.375. The van der Waals surface area contributed by atoms with Crippen LogP contribution in [0.2, 0.25) is 5.28 Å². The Kier molecular flexibility index (Phi) is 4.25. The zero-order valence-electron chi connectivity index (χ0n) is 8.48. The fourth-order valence-corrected chi connectivity index (χ4v) is 1.12. The molecule has 0 unspecified atom stereocenters. The molecule has 0 amide bonds. The Morgan fingerprint density at radius 1 is 1.25 bits per heavy atom. The van der Waals surface area contributed by atoms with Gasteiger partial charge in [-0.3, -0.25) is 0 Å². The summed E-state index contributed by atoms with van der Waals surface area (Å²) in [5.74, 6) is 0.489. The summed E-state index contributed by atoms with van der Waals surface area (Å²) in [5.41, 5.74) is 0. The summed E-state index contributed by atoms with van der Waals surface area (Å²) >= 11 is 5.68. The van der Waals surface area contributed by atoms with E-state index in [2.05, 4.69) is 20.3 Å². The van der Waals surface area contributed by atoms with E-state index in [1.807, 2.05) is 12.1 Å². The van der Waals surface area contributed by atoms with E-state index in [9.17, 15) is 0 Å². The van der Waals surface area contributed by atoms with E-state index < -0.39 is 0 Å². The summed E-state index contributed by atoms with van der Waals surface area (Å²) < 4.78 is 0. The maximum atomic E-state index is 8.60. The predicted octanol–water partition coefficient (Wildman–Crippen LogP) is 0.420. The minimum Gasteiger partial charge on any atom is -0.357 e. The number of rotatable bonds is 4. The van der Waals surface area contributed by atoms with Crippen LogP contribution in [-0.2, 0) is 0 Å². The second kappa shape index (κ2) is 5.69. The van der Waals surface area contributed by atoms with Crippen molar-refractivity contribution in [1.29, 1.82) is 10.5 Å². The SMILES string of the molecule is CNc1nc(Cl)nc(N(CC#N)CC#N)n1. The number of nitrogens with one attached hydrogen (secondary N) is 1. The molecule has 1 heterocycles. The van der Waals surface area contributed by atoms with Crippen LogP contribution in [0.25, 0.3) is 0 Å². The van der Waals surface area contributed by atoms with Gasteiger partial charge in [0.25, 0.3) is 0 Å². The van der Waals surface area contributed by atoms with Crippen molar-refractivity contribution >= 4 is 23.5 Å². The Morgan fingerprint density at radius 3 is 2.38 bits per heavy atom. The Morgan fingerprint density at radius 2 is 1.88 bits per heavy atom. The molecule has 0 saturated carbocycles. The molecule has 16 heavy (non-hydrogen) atoms.